The van der Waals surface area contributed by atoms with Crippen LogP contribution in [0.2, 0.25) is 0 Å². The molecule has 4 rings (SSSR count). The minimum atomic E-state index is 0.441. The monoisotopic (exact) mass is 434 g/mol. The Balaban J connectivity index is 1.84. The van der Waals surface area contributed by atoms with E-state index in [0.29, 0.717) is 22.7 Å². The predicted molar refractivity (Wildman–Crippen MR) is 122 cm³/mol. The van der Waals surface area contributed by atoms with E-state index < -0.39 is 0 Å². The highest BCUT2D eigenvalue weighted by Gasteiger charge is 2.14. The topological polar surface area (TPSA) is 82.2 Å². The number of hydrogen-bond donors (Lipinski definition) is 1. The van der Waals surface area contributed by atoms with Crippen molar-refractivity contribution in [2.24, 2.45) is 5.10 Å². The normalized spacial score (nSPS) is 11.2. The average Bonchev–Trinajstić information content (AvgIpc) is 3.40. The SMILES string of the molecule is CCc1n[nH]c(=S)n1N=Cc1cn(-c2ccccc2)nc1-c1ccc(OC)c(OC)c1. The number of aryl methyl sites for hydroxylation is 1. The molecule has 31 heavy (non-hydrogen) atoms. The van der Waals surface area contributed by atoms with E-state index in [4.69, 9.17) is 26.8 Å². The van der Waals surface area contributed by atoms with Crippen molar-refractivity contribution >= 4 is 18.4 Å². The second-order valence-corrected chi connectivity index (χ2v) is 7.02. The van der Waals surface area contributed by atoms with E-state index in [9.17, 15) is 0 Å². The predicted octanol–water partition coefficient (Wildman–Crippen LogP) is 4.26. The Kier molecular flexibility index (Phi) is 5.94. The lowest BCUT2D eigenvalue weighted by molar-refractivity contribution is 0.355. The molecule has 0 radical (unpaired) electrons. The molecular formula is C22H22N6O2S. The Hall–Kier alpha value is -3.72. The lowest BCUT2D eigenvalue weighted by Crippen LogP contribution is -1.97. The first-order valence-electron chi connectivity index (χ1n) is 9.72. The lowest BCUT2D eigenvalue weighted by Gasteiger charge is -2.09. The molecule has 0 amide bonds. The molecule has 0 aliphatic rings. The van der Waals surface area contributed by atoms with Crippen LogP contribution in [0, 0.1) is 4.77 Å². The minimum absolute atomic E-state index is 0.441. The Labute approximate surface area is 184 Å². The highest BCUT2D eigenvalue weighted by atomic mass is 32.1. The number of rotatable bonds is 7. The zero-order chi connectivity index (χ0) is 21.8. The van der Waals surface area contributed by atoms with E-state index in [1.54, 1.807) is 25.1 Å². The smallest absolute Gasteiger partial charge is 0.216 e. The van der Waals surface area contributed by atoms with Gasteiger partial charge in [0.15, 0.2) is 17.3 Å². The summed E-state index contributed by atoms with van der Waals surface area (Å²) >= 11 is 5.30. The molecule has 4 aromatic rings. The highest BCUT2D eigenvalue weighted by Crippen LogP contribution is 2.33. The molecule has 9 heteroatoms. The van der Waals surface area contributed by atoms with Crippen molar-refractivity contribution in [1.82, 2.24) is 24.7 Å². The maximum Gasteiger partial charge on any atom is 0.216 e. The Morgan fingerprint density at radius 1 is 1.10 bits per heavy atom. The fourth-order valence-electron chi connectivity index (χ4n) is 3.19. The first-order chi connectivity index (χ1) is 15.1. The van der Waals surface area contributed by atoms with Crippen LogP contribution in [0.4, 0.5) is 0 Å². The molecule has 2 heterocycles. The molecular weight excluding hydrogens is 412 g/mol. The summed E-state index contributed by atoms with van der Waals surface area (Å²) < 4.78 is 14.7. The van der Waals surface area contributed by atoms with Gasteiger partial charge >= 0.3 is 0 Å². The van der Waals surface area contributed by atoms with Crippen molar-refractivity contribution in [1.29, 1.82) is 0 Å². The Bertz CT molecular complexity index is 1270. The molecule has 0 saturated carbocycles. The molecule has 0 atom stereocenters. The summed E-state index contributed by atoms with van der Waals surface area (Å²) in [6, 6.07) is 15.6. The summed E-state index contributed by atoms with van der Waals surface area (Å²) in [6.45, 7) is 2.00. The number of nitrogens with one attached hydrogen (secondary N) is 1. The Morgan fingerprint density at radius 2 is 1.87 bits per heavy atom. The van der Waals surface area contributed by atoms with Crippen LogP contribution in [-0.2, 0) is 6.42 Å². The summed E-state index contributed by atoms with van der Waals surface area (Å²) in [5.74, 6) is 2.04. The van der Waals surface area contributed by atoms with Gasteiger partial charge < -0.3 is 9.47 Å². The number of H-pyrrole nitrogens is 1. The minimum Gasteiger partial charge on any atom is -0.493 e. The number of benzene rings is 2. The van der Waals surface area contributed by atoms with Gasteiger partial charge in [0.25, 0.3) is 0 Å². The largest absolute Gasteiger partial charge is 0.493 e. The molecule has 0 fully saturated rings. The van der Waals surface area contributed by atoms with E-state index in [1.807, 2.05) is 66.3 Å². The summed E-state index contributed by atoms with van der Waals surface area (Å²) in [5.41, 5.74) is 3.39. The molecule has 0 unspecified atom stereocenters. The van der Waals surface area contributed by atoms with Crippen LogP contribution in [0.25, 0.3) is 16.9 Å². The van der Waals surface area contributed by atoms with Gasteiger partial charge in [-0.3, -0.25) is 5.10 Å². The average molecular weight is 435 g/mol. The van der Waals surface area contributed by atoms with Crippen molar-refractivity contribution in [3.63, 3.8) is 0 Å². The Morgan fingerprint density at radius 3 is 2.58 bits per heavy atom. The number of aromatic amines is 1. The third kappa shape index (κ3) is 4.13. The molecule has 0 aliphatic heterocycles. The molecule has 2 aromatic carbocycles. The first-order valence-corrected chi connectivity index (χ1v) is 10.1. The molecule has 0 aliphatic carbocycles. The van der Waals surface area contributed by atoms with Crippen LogP contribution in [0.15, 0.2) is 59.8 Å². The van der Waals surface area contributed by atoms with Gasteiger partial charge in [0.2, 0.25) is 4.77 Å². The maximum atomic E-state index is 5.47. The van der Waals surface area contributed by atoms with Crippen LogP contribution in [0.5, 0.6) is 11.5 Å². The van der Waals surface area contributed by atoms with E-state index >= 15 is 0 Å². The number of hydrogen-bond acceptors (Lipinski definition) is 6. The number of nitrogens with zero attached hydrogens (tertiary/aromatic N) is 5. The van der Waals surface area contributed by atoms with E-state index in [-0.39, 0.29) is 0 Å². The van der Waals surface area contributed by atoms with Crippen LogP contribution < -0.4 is 9.47 Å². The number of aromatic nitrogens is 5. The van der Waals surface area contributed by atoms with E-state index in [0.717, 1.165) is 28.3 Å². The van der Waals surface area contributed by atoms with Crippen molar-refractivity contribution in [3.8, 4) is 28.4 Å². The maximum absolute atomic E-state index is 5.47. The quantitative estimate of drug-likeness (QED) is 0.347. The number of methoxy groups -OCH3 is 2. The van der Waals surface area contributed by atoms with Crippen molar-refractivity contribution < 1.29 is 9.47 Å². The molecule has 0 spiro atoms. The molecule has 0 bridgehead atoms. The van der Waals surface area contributed by atoms with Gasteiger partial charge in [-0.25, -0.2) is 4.68 Å². The standard InChI is InChI=1S/C22H22N6O2S/c1-4-20-24-25-22(31)28(20)23-13-16-14-27(17-8-6-5-7-9-17)26-21(16)15-10-11-18(29-2)19(12-15)30-3/h5-14H,4H2,1-3H3,(H,25,31). The van der Waals surface area contributed by atoms with Crippen molar-refractivity contribution in [2.75, 3.05) is 14.2 Å². The lowest BCUT2D eigenvalue weighted by atomic mass is 10.1. The van der Waals surface area contributed by atoms with Crippen LogP contribution in [0.1, 0.15) is 18.3 Å². The fourth-order valence-corrected chi connectivity index (χ4v) is 3.39. The zero-order valence-electron chi connectivity index (χ0n) is 17.4. The number of para-hydroxylation sites is 1. The van der Waals surface area contributed by atoms with E-state index in [2.05, 4.69) is 15.3 Å². The van der Waals surface area contributed by atoms with Gasteiger partial charge in [-0.2, -0.15) is 20.0 Å². The summed E-state index contributed by atoms with van der Waals surface area (Å²) in [7, 11) is 3.22. The van der Waals surface area contributed by atoms with Crippen molar-refractivity contribution in [2.45, 2.75) is 13.3 Å². The third-order valence-electron chi connectivity index (χ3n) is 4.77. The second kappa shape index (κ2) is 8.97. The van der Waals surface area contributed by atoms with Crippen LogP contribution in [0.3, 0.4) is 0 Å². The van der Waals surface area contributed by atoms with Gasteiger partial charge in [-0.15, -0.1) is 0 Å². The van der Waals surface area contributed by atoms with Gasteiger partial charge in [0.05, 0.1) is 26.1 Å². The molecule has 158 valence electrons. The molecule has 8 nitrogen and oxygen atoms in total. The molecule has 2 aromatic heterocycles. The van der Waals surface area contributed by atoms with E-state index in [1.165, 1.54) is 0 Å². The second-order valence-electron chi connectivity index (χ2n) is 6.64. The summed E-state index contributed by atoms with van der Waals surface area (Å²) in [6.07, 6.45) is 4.37. The van der Waals surface area contributed by atoms with Gasteiger partial charge in [-0.1, -0.05) is 25.1 Å². The van der Waals surface area contributed by atoms with Crippen LogP contribution >= 0.6 is 12.2 Å². The summed E-state index contributed by atoms with van der Waals surface area (Å²) in [4.78, 5) is 0. The van der Waals surface area contributed by atoms with Gasteiger partial charge in [0, 0.05) is 23.7 Å². The van der Waals surface area contributed by atoms with Gasteiger partial charge in [0.1, 0.15) is 5.69 Å². The van der Waals surface area contributed by atoms with Crippen molar-refractivity contribution in [3.05, 3.63) is 70.9 Å². The highest BCUT2D eigenvalue weighted by molar-refractivity contribution is 7.71. The number of ether oxygens (including phenoxy) is 2. The fraction of sp³-hybridized carbons (Fsp3) is 0.182. The third-order valence-corrected chi connectivity index (χ3v) is 5.03. The zero-order valence-corrected chi connectivity index (χ0v) is 18.3. The molecule has 1 N–H and O–H groups in total. The van der Waals surface area contributed by atoms with Gasteiger partial charge in [-0.05, 0) is 42.5 Å². The van der Waals surface area contributed by atoms with Crippen LogP contribution in [-0.4, -0.2) is 45.1 Å². The molecule has 0 saturated heterocycles. The summed E-state index contributed by atoms with van der Waals surface area (Å²) in [5, 5.41) is 16.4. The first kappa shape index (κ1) is 20.5.